The summed E-state index contributed by atoms with van der Waals surface area (Å²) in [5, 5.41) is 10.1. The van der Waals surface area contributed by atoms with E-state index in [2.05, 4.69) is 10.8 Å². The second kappa shape index (κ2) is 10.5. The summed E-state index contributed by atoms with van der Waals surface area (Å²) < 4.78 is 55.2. The third kappa shape index (κ3) is 5.68. The molecule has 11 heteroatoms. The van der Waals surface area contributed by atoms with Gasteiger partial charge in [0.2, 0.25) is 0 Å². The van der Waals surface area contributed by atoms with Crippen LogP contribution in [0.4, 0.5) is 13.2 Å². The van der Waals surface area contributed by atoms with Crippen molar-refractivity contribution in [3.05, 3.63) is 58.1 Å². The zero-order valence-electron chi connectivity index (χ0n) is 21.3. The molecule has 2 aliphatic heterocycles. The Balaban J connectivity index is 1.26. The van der Waals surface area contributed by atoms with E-state index < -0.39 is 30.3 Å². The van der Waals surface area contributed by atoms with Gasteiger partial charge in [-0.1, -0.05) is 29.8 Å². The van der Waals surface area contributed by atoms with Gasteiger partial charge in [-0.25, -0.2) is 4.79 Å². The van der Waals surface area contributed by atoms with E-state index in [0.717, 1.165) is 24.0 Å². The van der Waals surface area contributed by atoms with Gasteiger partial charge in [0, 0.05) is 40.7 Å². The predicted octanol–water partition coefficient (Wildman–Crippen LogP) is 5.67. The van der Waals surface area contributed by atoms with Crippen molar-refractivity contribution in [1.82, 2.24) is 4.90 Å². The lowest BCUT2D eigenvalue weighted by molar-refractivity contribution is -0.219. The lowest BCUT2D eigenvalue weighted by atomic mass is 9.74. The fourth-order valence-electron chi connectivity index (χ4n) is 5.52. The molecule has 2 aromatic rings. The van der Waals surface area contributed by atoms with Crippen molar-refractivity contribution in [2.75, 3.05) is 19.7 Å². The molecular weight excluding hydrogens is 539 g/mol. The minimum absolute atomic E-state index is 0.241. The molecule has 39 heavy (non-hydrogen) atoms. The van der Waals surface area contributed by atoms with Crippen molar-refractivity contribution in [2.24, 2.45) is 5.92 Å². The van der Waals surface area contributed by atoms with E-state index in [0.29, 0.717) is 48.5 Å². The smallest absolute Gasteiger partial charge is 0.490 e. The topological polar surface area (TPSA) is 85.3 Å². The van der Waals surface area contributed by atoms with Crippen LogP contribution in [0, 0.1) is 5.92 Å². The van der Waals surface area contributed by atoms with Crippen LogP contribution in [0.1, 0.15) is 55.2 Å². The summed E-state index contributed by atoms with van der Waals surface area (Å²) in [6.45, 7) is 2.43. The number of carboxylic acid groups (broad SMARTS) is 1. The van der Waals surface area contributed by atoms with Crippen molar-refractivity contribution < 1.29 is 42.1 Å². The van der Waals surface area contributed by atoms with E-state index in [1.54, 1.807) is 0 Å². The normalized spacial score (nSPS) is 20.1. The number of likely N-dealkylation sites (tertiary alicyclic amines) is 1. The molecule has 2 fully saturated rings. The Morgan fingerprint density at radius 1 is 1.21 bits per heavy atom. The Bertz CT molecular complexity index is 1260. The van der Waals surface area contributed by atoms with Crippen LogP contribution in [0.15, 0.2) is 36.4 Å². The number of halogens is 4. The van der Waals surface area contributed by atoms with Crippen LogP contribution in [0.25, 0.3) is 0 Å². The minimum Gasteiger partial charge on any atom is -0.492 e. The Labute approximate surface area is 228 Å². The third-order valence-corrected chi connectivity index (χ3v) is 8.33. The van der Waals surface area contributed by atoms with E-state index in [9.17, 15) is 27.9 Å². The number of fused-ring (bicyclic) bond motifs is 2. The molecule has 1 aliphatic carbocycles. The number of alkyl halides is 3. The number of hydrogen-bond donors (Lipinski definition) is 1. The zero-order valence-corrected chi connectivity index (χ0v) is 22.1. The first-order valence-electron chi connectivity index (χ1n) is 12.9. The number of carbonyl (C=O) groups is 2. The average Bonchev–Trinajstić information content (AvgIpc) is 3.69. The summed E-state index contributed by atoms with van der Waals surface area (Å²) >= 11 is 6.45. The van der Waals surface area contributed by atoms with Crippen LogP contribution in [0.5, 0.6) is 11.5 Å². The number of carbonyl (C=O) groups excluding carboxylic acids is 1. The fraction of sp³-hybridized carbons (Fsp3) is 0.500. The van der Waals surface area contributed by atoms with E-state index >= 15 is 0 Å². The SMILES string of the molecule is CC(C(=O)O)C(OC(=O)C(F)(F)F)N1CCC2(CC1)COc1cc(OCc3c(Cl)cccc3C3CC3)ccc12. The standard InChI is InChI=1S/C28H29ClF3NO6/c1-16(25(34)35)24(39-26(36)28(30,31)32)33-11-9-27(10-12-33)15-38-23-13-18(7-8-21(23)27)37-14-20-19(17-5-6-17)3-2-4-22(20)29/h2-4,7-8,13,16-17,24H,5-6,9-12,14-15H2,1H3,(H,34,35). The van der Waals surface area contributed by atoms with Gasteiger partial charge in [0.1, 0.15) is 24.0 Å². The summed E-state index contributed by atoms with van der Waals surface area (Å²) in [6.07, 6.45) is -3.44. The number of benzene rings is 2. The lowest BCUT2D eigenvalue weighted by Crippen LogP contribution is -2.53. The number of carboxylic acids is 1. The molecule has 1 spiro atoms. The minimum atomic E-state index is -5.21. The Kier molecular flexibility index (Phi) is 7.45. The largest absolute Gasteiger partial charge is 0.492 e. The van der Waals surface area contributed by atoms with Crippen LogP contribution in [0.2, 0.25) is 5.02 Å². The molecule has 2 atom stereocenters. The van der Waals surface area contributed by atoms with E-state index in [4.69, 9.17) is 21.1 Å². The maximum Gasteiger partial charge on any atom is 0.490 e. The van der Waals surface area contributed by atoms with Crippen LogP contribution in [0.3, 0.4) is 0 Å². The number of nitrogens with zero attached hydrogens (tertiary/aromatic N) is 1. The van der Waals surface area contributed by atoms with Gasteiger partial charge in [0.15, 0.2) is 6.23 Å². The number of aliphatic carboxylic acids is 1. The number of esters is 1. The first kappa shape index (κ1) is 27.6. The molecule has 2 heterocycles. The van der Waals surface area contributed by atoms with Gasteiger partial charge in [0.25, 0.3) is 0 Å². The number of hydrogen-bond acceptors (Lipinski definition) is 6. The average molecular weight is 568 g/mol. The van der Waals surface area contributed by atoms with Gasteiger partial charge in [-0.05, 0) is 56.2 Å². The highest BCUT2D eigenvalue weighted by atomic mass is 35.5. The van der Waals surface area contributed by atoms with Gasteiger partial charge in [-0.15, -0.1) is 0 Å². The Hall–Kier alpha value is -2.98. The number of piperidine rings is 1. The molecule has 0 bridgehead atoms. The predicted molar refractivity (Wildman–Crippen MR) is 135 cm³/mol. The molecule has 2 unspecified atom stereocenters. The van der Waals surface area contributed by atoms with Crippen molar-refractivity contribution in [1.29, 1.82) is 0 Å². The molecule has 2 aromatic carbocycles. The number of rotatable bonds is 8. The number of ether oxygens (including phenoxy) is 3. The molecule has 1 saturated carbocycles. The molecule has 0 aromatic heterocycles. The second-order valence-corrected chi connectivity index (χ2v) is 11.0. The molecule has 7 nitrogen and oxygen atoms in total. The first-order chi connectivity index (χ1) is 18.5. The highest BCUT2D eigenvalue weighted by Crippen LogP contribution is 2.48. The summed E-state index contributed by atoms with van der Waals surface area (Å²) in [7, 11) is 0. The lowest BCUT2D eigenvalue weighted by Gasteiger charge is -2.42. The van der Waals surface area contributed by atoms with Gasteiger partial charge < -0.3 is 19.3 Å². The molecule has 3 aliphatic rings. The summed E-state index contributed by atoms with van der Waals surface area (Å²) in [5.41, 5.74) is 2.81. The van der Waals surface area contributed by atoms with E-state index in [1.165, 1.54) is 17.4 Å². The van der Waals surface area contributed by atoms with Crippen molar-refractivity contribution in [3.63, 3.8) is 0 Å². The maximum atomic E-state index is 12.8. The van der Waals surface area contributed by atoms with Gasteiger partial charge in [-0.3, -0.25) is 9.69 Å². The van der Waals surface area contributed by atoms with E-state index in [-0.39, 0.29) is 18.5 Å². The van der Waals surface area contributed by atoms with Crippen LogP contribution in [-0.4, -0.2) is 54.0 Å². The molecular formula is C28H29ClF3NO6. The maximum absolute atomic E-state index is 12.8. The van der Waals surface area contributed by atoms with Crippen molar-refractivity contribution in [2.45, 2.75) is 63.0 Å². The van der Waals surface area contributed by atoms with Crippen LogP contribution >= 0.6 is 11.6 Å². The third-order valence-electron chi connectivity index (χ3n) is 7.98. The molecule has 1 saturated heterocycles. The Morgan fingerprint density at radius 2 is 1.92 bits per heavy atom. The summed E-state index contributed by atoms with van der Waals surface area (Å²) in [4.78, 5) is 24.5. The summed E-state index contributed by atoms with van der Waals surface area (Å²) in [6, 6.07) is 11.6. The van der Waals surface area contributed by atoms with Crippen LogP contribution < -0.4 is 9.47 Å². The van der Waals surface area contributed by atoms with E-state index in [1.807, 2.05) is 30.3 Å². The molecule has 210 valence electrons. The Morgan fingerprint density at radius 3 is 2.56 bits per heavy atom. The highest BCUT2D eigenvalue weighted by molar-refractivity contribution is 6.31. The molecule has 1 N–H and O–H groups in total. The van der Waals surface area contributed by atoms with Crippen LogP contribution in [-0.2, 0) is 26.3 Å². The monoisotopic (exact) mass is 567 g/mol. The van der Waals surface area contributed by atoms with Gasteiger partial charge in [-0.2, -0.15) is 13.2 Å². The van der Waals surface area contributed by atoms with Gasteiger partial charge in [0.05, 0.1) is 6.61 Å². The molecule has 0 amide bonds. The molecule has 0 radical (unpaired) electrons. The van der Waals surface area contributed by atoms with Crippen molar-refractivity contribution >= 4 is 23.5 Å². The molecule has 5 rings (SSSR count). The summed E-state index contributed by atoms with van der Waals surface area (Å²) in [5.74, 6) is -3.23. The second-order valence-electron chi connectivity index (χ2n) is 10.6. The van der Waals surface area contributed by atoms with Crippen molar-refractivity contribution in [3.8, 4) is 11.5 Å². The first-order valence-corrected chi connectivity index (χ1v) is 13.3. The quantitative estimate of drug-likeness (QED) is 0.411. The fourth-order valence-corrected chi connectivity index (χ4v) is 5.75. The zero-order chi connectivity index (χ0) is 27.9. The van der Waals surface area contributed by atoms with Gasteiger partial charge >= 0.3 is 18.1 Å². The highest BCUT2D eigenvalue weighted by Gasteiger charge is 2.48.